The van der Waals surface area contributed by atoms with Crippen LogP contribution in [0, 0.1) is 5.92 Å². The Bertz CT molecular complexity index is 91.3. The van der Waals surface area contributed by atoms with Crippen LogP contribution in [-0.4, -0.2) is 24.6 Å². The normalized spacial score (nSPS) is 27.6. The third-order valence-electron chi connectivity index (χ3n) is 2.25. The maximum absolute atomic E-state index is 3.25. The standard InChI is InChI=1S/C8H17NS/c1-3-7(6-9-2)8-4-5-10-8/h7-9H,3-6H2,1-2H3. The highest BCUT2D eigenvalue weighted by molar-refractivity contribution is 8.01. The predicted molar refractivity (Wildman–Crippen MR) is 48.6 cm³/mol. The van der Waals surface area contributed by atoms with Crippen molar-refractivity contribution in [3.63, 3.8) is 0 Å². The second-order valence-electron chi connectivity index (χ2n) is 2.92. The number of nitrogens with one attached hydrogen (secondary N) is 1. The van der Waals surface area contributed by atoms with Gasteiger partial charge in [-0.15, -0.1) is 0 Å². The molecule has 1 N–H and O–H groups in total. The summed E-state index contributed by atoms with van der Waals surface area (Å²) in [5.41, 5.74) is 0. The lowest BCUT2D eigenvalue weighted by Crippen LogP contribution is -2.32. The van der Waals surface area contributed by atoms with Crippen molar-refractivity contribution in [3.05, 3.63) is 0 Å². The SMILES string of the molecule is CCC(CNC)C1CCS1. The fourth-order valence-corrected chi connectivity index (χ4v) is 2.50. The molecule has 1 nitrogen and oxygen atoms in total. The van der Waals surface area contributed by atoms with Gasteiger partial charge in [-0.2, -0.15) is 11.8 Å². The Morgan fingerprint density at radius 2 is 2.40 bits per heavy atom. The van der Waals surface area contributed by atoms with Crippen molar-refractivity contribution >= 4 is 11.8 Å². The molecule has 1 aliphatic heterocycles. The van der Waals surface area contributed by atoms with Gasteiger partial charge in [0, 0.05) is 5.25 Å². The summed E-state index contributed by atoms with van der Waals surface area (Å²) in [6.45, 7) is 3.50. The van der Waals surface area contributed by atoms with E-state index in [1.54, 1.807) is 0 Å². The van der Waals surface area contributed by atoms with Crippen LogP contribution in [0.2, 0.25) is 0 Å². The Kier molecular flexibility index (Phi) is 3.57. The molecule has 1 heterocycles. The fourth-order valence-electron chi connectivity index (χ4n) is 1.43. The van der Waals surface area contributed by atoms with Crippen molar-refractivity contribution in [1.82, 2.24) is 5.32 Å². The molecule has 0 spiro atoms. The van der Waals surface area contributed by atoms with E-state index in [-0.39, 0.29) is 0 Å². The first-order valence-corrected chi connectivity index (χ1v) is 5.19. The number of rotatable bonds is 4. The van der Waals surface area contributed by atoms with Crippen LogP contribution in [0.5, 0.6) is 0 Å². The average Bonchev–Trinajstić information content (AvgIpc) is 1.83. The molecule has 0 aromatic carbocycles. The topological polar surface area (TPSA) is 12.0 Å². The summed E-state index contributed by atoms with van der Waals surface area (Å²) in [5.74, 6) is 2.31. The summed E-state index contributed by atoms with van der Waals surface area (Å²) < 4.78 is 0. The van der Waals surface area contributed by atoms with Crippen molar-refractivity contribution in [3.8, 4) is 0 Å². The summed E-state index contributed by atoms with van der Waals surface area (Å²) in [7, 11) is 2.05. The van der Waals surface area contributed by atoms with Gasteiger partial charge in [0.15, 0.2) is 0 Å². The second kappa shape index (κ2) is 4.24. The van der Waals surface area contributed by atoms with E-state index in [4.69, 9.17) is 0 Å². The lowest BCUT2D eigenvalue weighted by atomic mass is 9.99. The van der Waals surface area contributed by atoms with Crippen LogP contribution < -0.4 is 5.32 Å². The van der Waals surface area contributed by atoms with Crippen LogP contribution in [0.15, 0.2) is 0 Å². The molecule has 0 saturated carbocycles. The van der Waals surface area contributed by atoms with Gasteiger partial charge in [0.1, 0.15) is 0 Å². The summed E-state index contributed by atoms with van der Waals surface area (Å²) in [6, 6.07) is 0. The van der Waals surface area contributed by atoms with E-state index in [2.05, 4.69) is 24.0 Å². The quantitative estimate of drug-likeness (QED) is 0.670. The predicted octanol–water partition coefficient (Wildman–Crippen LogP) is 1.74. The van der Waals surface area contributed by atoms with E-state index in [1.165, 1.54) is 25.1 Å². The molecule has 0 aromatic rings. The second-order valence-corrected chi connectivity index (χ2v) is 4.27. The van der Waals surface area contributed by atoms with Crippen molar-refractivity contribution < 1.29 is 0 Å². The highest BCUT2D eigenvalue weighted by Crippen LogP contribution is 2.34. The van der Waals surface area contributed by atoms with Crippen LogP contribution in [0.3, 0.4) is 0 Å². The van der Waals surface area contributed by atoms with Gasteiger partial charge in [-0.1, -0.05) is 13.3 Å². The van der Waals surface area contributed by atoms with Gasteiger partial charge in [0.25, 0.3) is 0 Å². The van der Waals surface area contributed by atoms with Crippen LogP contribution in [0.1, 0.15) is 19.8 Å². The first-order valence-electron chi connectivity index (χ1n) is 4.14. The molecule has 2 atom stereocenters. The Hall–Kier alpha value is 0.310. The molecule has 0 amide bonds. The number of hydrogen-bond donors (Lipinski definition) is 1. The first-order chi connectivity index (χ1) is 4.88. The van der Waals surface area contributed by atoms with E-state index < -0.39 is 0 Å². The molecule has 10 heavy (non-hydrogen) atoms. The summed E-state index contributed by atoms with van der Waals surface area (Å²) in [5, 5.41) is 4.22. The van der Waals surface area contributed by atoms with Gasteiger partial charge in [0.2, 0.25) is 0 Å². The van der Waals surface area contributed by atoms with E-state index in [9.17, 15) is 0 Å². The number of thioether (sulfide) groups is 1. The van der Waals surface area contributed by atoms with Crippen molar-refractivity contribution in [2.45, 2.75) is 25.0 Å². The van der Waals surface area contributed by atoms with Crippen LogP contribution in [0.25, 0.3) is 0 Å². The molecule has 1 rings (SSSR count). The van der Waals surface area contributed by atoms with Crippen LogP contribution in [-0.2, 0) is 0 Å². The minimum atomic E-state index is 0.920. The summed E-state index contributed by atoms with van der Waals surface area (Å²) >= 11 is 2.14. The zero-order valence-corrected chi connectivity index (χ0v) is 7.71. The highest BCUT2D eigenvalue weighted by atomic mass is 32.2. The molecule has 60 valence electrons. The molecule has 0 aromatic heterocycles. The van der Waals surface area contributed by atoms with Gasteiger partial charge < -0.3 is 5.32 Å². The van der Waals surface area contributed by atoms with Gasteiger partial charge in [-0.05, 0) is 31.7 Å². The maximum Gasteiger partial charge on any atom is 0.00951 e. The molecule has 0 bridgehead atoms. The van der Waals surface area contributed by atoms with E-state index in [0.29, 0.717) is 0 Å². The molecular weight excluding hydrogens is 142 g/mol. The zero-order valence-electron chi connectivity index (χ0n) is 6.89. The Labute approximate surface area is 68.0 Å². The van der Waals surface area contributed by atoms with E-state index >= 15 is 0 Å². The monoisotopic (exact) mass is 159 g/mol. The largest absolute Gasteiger partial charge is 0.319 e. The van der Waals surface area contributed by atoms with Gasteiger partial charge >= 0.3 is 0 Å². The Morgan fingerprint density at radius 3 is 2.70 bits per heavy atom. The first kappa shape index (κ1) is 8.41. The van der Waals surface area contributed by atoms with Crippen molar-refractivity contribution in [2.75, 3.05) is 19.3 Å². The Morgan fingerprint density at radius 1 is 1.70 bits per heavy atom. The third-order valence-corrected chi connectivity index (χ3v) is 3.77. The molecule has 1 fully saturated rings. The highest BCUT2D eigenvalue weighted by Gasteiger charge is 2.25. The third kappa shape index (κ3) is 1.89. The molecule has 2 heteroatoms. The molecular formula is C8H17NS. The minimum absolute atomic E-state index is 0.920. The molecule has 0 aliphatic carbocycles. The van der Waals surface area contributed by atoms with Crippen molar-refractivity contribution in [2.24, 2.45) is 5.92 Å². The average molecular weight is 159 g/mol. The lowest BCUT2D eigenvalue weighted by Gasteiger charge is -2.32. The number of hydrogen-bond acceptors (Lipinski definition) is 2. The minimum Gasteiger partial charge on any atom is -0.319 e. The van der Waals surface area contributed by atoms with Gasteiger partial charge in [-0.25, -0.2) is 0 Å². The van der Waals surface area contributed by atoms with Crippen LogP contribution in [0.4, 0.5) is 0 Å². The van der Waals surface area contributed by atoms with Crippen LogP contribution >= 0.6 is 11.8 Å². The lowest BCUT2D eigenvalue weighted by molar-refractivity contribution is 0.446. The fraction of sp³-hybridized carbons (Fsp3) is 1.00. The van der Waals surface area contributed by atoms with Crippen molar-refractivity contribution in [1.29, 1.82) is 0 Å². The molecule has 1 aliphatic rings. The molecule has 2 unspecified atom stereocenters. The van der Waals surface area contributed by atoms with E-state index in [1.807, 2.05) is 7.05 Å². The molecule has 0 radical (unpaired) electrons. The Balaban J connectivity index is 2.17. The smallest absolute Gasteiger partial charge is 0.00951 e. The van der Waals surface area contributed by atoms with Gasteiger partial charge in [0.05, 0.1) is 0 Å². The summed E-state index contributed by atoms with van der Waals surface area (Å²) in [4.78, 5) is 0. The maximum atomic E-state index is 3.25. The summed E-state index contributed by atoms with van der Waals surface area (Å²) in [6.07, 6.45) is 2.78. The van der Waals surface area contributed by atoms with E-state index in [0.717, 1.165) is 11.2 Å². The molecule has 1 saturated heterocycles. The zero-order chi connectivity index (χ0) is 7.40. The van der Waals surface area contributed by atoms with Gasteiger partial charge in [-0.3, -0.25) is 0 Å².